The van der Waals surface area contributed by atoms with E-state index >= 15 is 0 Å². The van der Waals surface area contributed by atoms with Crippen LogP contribution in [-0.4, -0.2) is 41.4 Å². The molecule has 12 heavy (non-hydrogen) atoms. The molecule has 3 nitrogen and oxygen atoms in total. The number of amides is 1. The third-order valence-corrected chi connectivity index (χ3v) is 3.24. The number of thioether (sulfide) groups is 1. The van der Waals surface area contributed by atoms with Gasteiger partial charge in [-0.3, -0.25) is 4.79 Å². The number of hydrogen-bond donors (Lipinski definition) is 1. The Morgan fingerprint density at radius 3 is 3.08 bits per heavy atom. The molecule has 0 saturated carbocycles. The van der Waals surface area contributed by atoms with E-state index in [-0.39, 0.29) is 5.91 Å². The second-order valence-electron chi connectivity index (χ2n) is 3.05. The van der Waals surface area contributed by atoms with Gasteiger partial charge >= 0.3 is 0 Å². The molecule has 1 fully saturated rings. The number of nitrogens with zero attached hydrogens (tertiary/aromatic N) is 1. The molecule has 1 atom stereocenters. The van der Waals surface area contributed by atoms with Crippen molar-refractivity contribution in [1.29, 1.82) is 0 Å². The number of carbonyl (C=O) groups excluding carboxylic acids is 1. The summed E-state index contributed by atoms with van der Waals surface area (Å²) >= 11 is 1.92. The summed E-state index contributed by atoms with van der Waals surface area (Å²) in [5, 5.41) is 0. The van der Waals surface area contributed by atoms with Crippen molar-refractivity contribution >= 4 is 17.7 Å². The Labute approximate surface area is 77.7 Å². The highest BCUT2D eigenvalue weighted by atomic mass is 32.2. The lowest BCUT2D eigenvalue weighted by atomic mass is 10.2. The van der Waals surface area contributed by atoms with Crippen molar-refractivity contribution < 1.29 is 4.79 Å². The minimum Gasteiger partial charge on any atom is -0.338 e. The molecule has 0 aromatic heterocycles. The lowest BCUT2D eigenvalue weighted by molar-refractivity contribution is -0.132. The minimum absolute atomic E-state index is 0.213. The Kier molecular flexibility index (Phi) is 3.88. The zero-order valence-electron chi connectivity index (χ0n) is 7.45. The Hall–Kier alpha value is -0.220. The molecule has 0 bridgehead atoms. The third-order valence-electron chi connectivity index (χ3n) is 2.05. The highest BCUT2D eigenvalue weighted by molar-refractivity contribution is 7.99. The van der Waals surface area contributed by atoms with Gasteiger partial charge in [0.1, 0.15) is 0 Å². The van der Waals surface area contributed by atoms with Crippen LogP contribution in [0, 0.1) is 0 Å². The second kappa shape index (κ2) is 4.72. The first-order chi connectivity index (χ1) is 5.75. The number of hydrogen-bond acceptors (Lipinski definition) is 3. The molecule has 4 heteroatoms. The molecule has 1 heterocycles. The molecule has 1 aliphatic heterocycles. The summed E-state index contributed by atoms with van der Waals surface area (Å²) in [6, 6.07) is 0.391. The normalized spacial score (nSPS) is 24.2. The largest absolute Gasteiger partial charge is 0.338 e. The van der Waals surface area contributed by atoms with Crippen molar-refractivity contribution in [3.8, 4) is 0 Å². The summed E-state index contributed by atoms with van der Waals surface area (Å²) in [4.78, 5) is 13.4. The second-order valence-corrected chi connectivity index (χ2v) is 4.20. The SMILES string of the molecule is CC1CSCCN1C(=O)CCN. The van der Waals surface area contributed by atoms with Crippen molar-refractivity contribution in [3.63, 3.8) is 0 Å². The van der Waals surface area contributed by atoms with Crippen molar-refractivity contribution in [3.05, 3.63) is 0 Å². The van der Waals surface area contributed by atoms with Crippen LogP contribution in [0.15, 0.2) is 0 Å². The number of rotatable bonds is 2. The maximum atomic E-state index is 11.4. The van der Waals surface area contributed by atoms with Gasteiger partial charge in [-0.25, -0.2) is 0 Å². The van der Waals surface area contributed by atoms with Gasteiger partial charge in [-0.2, -0.15) is 11.8 Å². The van der Waals surface area contributed by atoms with Gasteiger partial charge in [0.15, 0.2) is 0 Å². The summed E-state index contributed by atoms with van der Waals surface area (Å²) in [7, 11) is 0. The van der Waals surface area contributed by atoms with E-state index in [9.17, 15) is 4.79 Å². The molecule has 70 valence electrons. The molecule has 1 rings (SSSR count). The fourth-order valence-electron chi connectivity index (χ4n) is 1.36. The Balaban J connectivity index is 2.42. The fourth-order valence-corrected chi connectivity index (χ4v) is 2.38. The first-order valence-corrected chi connectivity index (χ1v) is 5.48. The molecule has 1 saturated heterocycles. The van der Waals surface area contributed by atoms with Gasteiger partial charge in [0.2, 0.25) is 5.91 Å². The van der Waals surface area contributed by atoms with Crippen LogP contribution in [0.5, 0.6) is 0 Å². The summed E-state index contributed by atoms with van der Waals surface area (Å²) in [6.45, 7) is 3.46. The van der Waals surface area contributed by atoms with Crippen molar-refractivity contribution in [2.24, 2.45) is 5.73 Å². The van der Waals surface area contributed by atoms with Gasteiger partial charge in [-0.05, 0) is 6.92 Å². The molecule has 1 aliphatic rings. The molecule has 0 radical (unpaired) electrons. The zero-order valence-corrected chi connectivity index (χ0v) is 8.27. The third kappa shape index (κ3) is 2.38. The van der Waals surface area contributed by atoms with Crippen LogP contribution in [0.2, 0.25) is 0 Å². The number of carbonyl (C=O) groups is 1. The van der Waals surface area contributed by atoms with Gasteiger partial charge in [0.05, 0.1) is 0 Å². The molecular weight excluding hydrogens is 172 g/mol. The fraction of sp³-hybridized carbons (Fsp3) is 0.875. The van der Waals surface area contributed by atoms with Gasteiger partial charge in [-0.1, -0.05) is 0 Å². The molecule has 2 N–H and O–H groups in total. The van der Waals surface area contributed by atoms with Crippen LogP contribution in [0.1, 0.15) is 13.3 Å². The minimum atomic E-state index is 0.213. The molecule has 0 aromatic rings. The first kappa shape index (κ1) is 9.86. The molecule has 1 amide bonds. The van der Waals surface area contributed by atoms with Crippen LogP contribution in [0.25, 0.3) is 0 Å². The average Bonchev–Trinajstić information content (AvgIpc) is 2.05. The predicted molar refractivity (Wildman–Crippen MR) is 52.2 cm³/mol. The first-order valence-electron chi connectivity index (χ1n) is 4.33. The van der Waals surface area contributed by atoms with E-state index in [0.29, 0.717) is 19.0 Å². The van der Waals surface area contributed by atoms with Crippen molar-refractivity contribution in [1.82, 2.24) is 4.90 Å². The summed E-state index contributed by atoms with van der Waals surface area (Å²) in [5.74, 6) is 2.35. The molecule has 0 aromatic carbocycles. The van der Waals surface area contributed by atoms with Crippen molar-refractivity contribution in [2.45, 2.75) is 19.4 Å². The van der Waals surface area contributed by atoms with Crippen LogP contribution < -0.4 is 5.73 Å². The molecule has 0 spiro atoms. The Morgan fingerprint density at radius 2 is 2.50 bits per heavy atom. The van der Waals surface area contributed by atoms with Crippen LogP contribution >= 0.6 is 11.8 Å². The smallest absolute Gasteiger partial charge is 0.224 e. The maximum absolute atomic E-state index is 11.4. The van der Waals surface area contributed by atoms with Gasteiger partial charge in [-0.15, -0.1) is 0 Å². The highest BCUT2D eigenvalue weighted by Gasteiger charge is 2.22. The Morgan fingerprint density at radius 1 is 1.75 bits per heavy atom. The predicted octanol–water partition coefficient (Wildman–Crippen LogP) is 0.299. The topological polar surface area (TPSA) is 46.3 Å². The van der Waals surface area contributed by atoms with Crippen molar-refractivity contribution in [2.75, 3.05) is 24.6 Å². The van der Waals surface area contributed by atoms with E-state index in [1.54, 1.807) is 0 Å². The van der Waals surface area contributed by atoms with Crippen LogP contribution in [0.4, 0.5) is 0 Å². The van der Waals surface area contributed by atoms with E-state index < -0.39 is 0 Å². The van der Waals surface area contributed by atoms with E-state index in [0.717, 1.165) is 18.1 Å². The van der Waals surface area contributed by atoms with Gasteiger partial charge < -0.3 is 10.6 Å². The van der Waals surface area contributed by atoms with E-state index in [2.05, 4.69) is 6.92 Å². The summed E-state index contributed by atoms with van der Waals surface area (Å²) < 4.78 is 0. The highest BCUT2D eigenvalue weighted by Crippen LogP contribution is 2.16. The summed E-state index contributed by atoms with van der Waals surface area (Å²) in [5.41, 5.74) is 5.33. The standard InChI is InChI=1S/C8H16N2OS/c1-7-6-12-5-4-10(7)8(11)2-3-9/h7H,2-6,9H2,1H3. The maximum Gasteiger partial charge on any atom is 0.224 e. The summed E-state index contributed by atoms with van der Waals surface area (Å²) in [6.07, 6.45) is 0.495. The van der Waals surface area contributed by atoms with E-state index in [4.69, 9.17) is 5.73 Å². The molecular formula is C8H16N2OS. The lowest BCUT2D eigenvalue weighted by Crippen LogP contribution is -2.44. The molecule has 0 aliphatic carbocycles. The zero-order chi connectivity index (χ0) is 8.97. The average molecular weight is 188 g/mol. The van der Waals surface area contributed by atoms with Crippen LogP contribution in [0.3, 0.4) is 0 Å². The monoisotopic (exact) mass is 188 g/mol. The quantitative estimate of drug-likeness (QED) is 0.678. The van der Waals surface area contributed by atoms with Gasteiger partial charge in [0.25, 0.3) is 0 Å². The van der Waals surface area contributed by atoms with Crippen LogP contribution in [-0.2, 0) is 4.79 Å². The molecule has 1 unspecified atom stereocenters. The van der Waals surface area contributed by atoms with E-state index in [1.807, 2.05) is 16.7 Å². The number of nitrogens with two attached hydrogens (primary N) is 1. The lowest BCUT2D eigenvalue weighted by Gasteiger charge is -2.33. The van der Waals surface area contributed by atoms with Gasteiger partial charge in [0, 0.05) is 37.1 Å². The van der Waals surface area contributed by atoms with E-state index in [1.165, 1.54) is 0 Å². The Bertz CT molecular complexity index is 163.